The molecule has 19 heavy (non-hydrogen) atoms. The predicted octanol–water partition coefficient (Wildman–Crippen LogP) is -0.0908. The molecule has 6 nitrogen and oxygen atoms in total. The molecule has 0 amide bonds. The van der Waals surface area contributed by atoms with Crippen LogP contribution in [0.25, 0.3) is 0 Å². The highest BCUT2D eigenvalue weighted by Crippen LogP contribution is 2.40. The number of hydrogen-bond donors (Lipinski definition) is 3. The molecule has 0 radical (unpaired) electrons. The summed E-state index contributed by atoms with van der Waals surface area (Å²) in [4.78, 5) is 0. The number of benzene rings is 1. The van der Waals surface area contributed by atoms with E-state index in [1.165, 1.54) is 0 Å². The first kappa shape index (κ1) is 13.9. The Balaban J connectivity index is 2.13. The van der Waals surface area contributed by atoms with Gasteiger partial charge in [0, 0.05) is 6.54 Å². The third-order valence-corrected chi connectivity index (χ3v) is 2.92. The maximum atomic E-state index is 9.00. The van der Waals surface area contributed by atoms with E-state index in [1.54, 1.807) is 7.11 Å². The number of ether oxygens (including phenoxy) is 3. The van der Waals surface area contributed by atoms with Crippen molar-refractivity contribution >= 4 is 0 Å². The third-order valence-electron chi connectivity index (χ3n) is 2.92. The molecule has 0 bridgehead atoms. The van der Waals surface area contributed by atoms with Crippen LogP contribution in [0.5, 0.6) is 17.2 Å². The van der Waals surface area contributed by atoms with E-state index in [2.05, 4.69) is 5.32 Å². The van der Waals surface area contributed by atoms with Crippen molar-refractivity contribution in [3.05, 3.63) is 17.7 Å². The minimum absolute atomic E-state index is 0.113. The molecule has 1 aromatic rings. The van der Waals surface area contributed by atoms with Crippen molar-refractivity contribution in [2.45, 2.75) is 12.6 Å². The van der Waals surface area contributed by atoms with Crippen molar-refractivity contribution in [2.75, 3.05) is 33.5 Å². The highest BCUT2D eigenvalue weighted by molar-refractivity contribution is 5.54. The zero-order valence-electron chi connectivity index (χ0n) is 10.9. The van der Waals surface area contributed by atoms with Crippen molar-refractivity contribution in [1.29, 1.82) is 0 Å². The first-order chi connectivity index (χ1) is 9.28. The summed E-state index contributed by atoms with van der Waals surface area (Å²) in [5, 5.41) is 21.1. The lowest BCUT2D eigenvalue weighted by Gasteiger charge is -2.22. The summed E-state index contributed by atoms with van der Waals surface area (Å²) < 4.78 is 16.3. The normalized spacial score (nSPS) is 13.7. The molecular formula is C13H19NO5. The summed E-state index contributed by atoms with van der Waals surface area (Å²) in [7, 11) is 1.58. The number of methoxy groups -OCH3 is 1. The van der Waals surface area contributed by atoms with Gasteiger partial charge >= 0.3 is 0 Å². The molecule has 0 spiro atoms. The van der Waals surface area contributed by atoms with Gasteiger partial charge in [-0.1, -0.05) is 0 Å². The van der Waals surface area contributed by atoms with Gasteiger partial charge in [0.1, 0.15) is 13.2 Å². The topological polar surface area (TPSA) is 80.2 Å². The lowest BCUT2D eigenvalue weighted by atomic mass is 10.1. The second kappa shape index (κ2) is 6.60. The minimum Gasteiger partial charge on any atom is -0.493 e. The smallest absolute Gasteiger partial charge is 0.203 e. The molecule has 0 aromatic heterocycles. The van der Waals surface area contributed by atoms with E-state index >= 15 is 0 Å². The molecule has 1 aromatic carbocycles. The maximum absolute atomic E-state index is 9.00. The van der Waals surface area contributed by atoms with Gasteiger partial charge in [-0.3, -0.25) is 0 Å². The predicted molar refractivity (Wildman–Crippen MR) is 68.8 cm³/mol. The fourth-order valence-corrected chi connectivity index (χ4v) is 1.88. The van der Waals surface area contributed by atoms with E-state index in [-0.39, 0.29) is 19.3 Å². The van der Waals surface area contributed by atoms with Crippen LogP contribution in [0, 0.1) is 0 Å². The minimum atomic E-state index is -0.334. The van der Waals surface area contributed by atoms with Gasteiger partial charge in [-0.05, 0) is 17.7 Å². The van der Waals surface area contributed by atoms with E-state index in [4.69, 9.17) is 24.4 Å². The Morgan fingerprint density at radius 3 is 2.68 bits per heavy atom. The Kier molecular flexibility index (Phi) is 4.84. The average molecular weight is 269 g/mol. The second-order valence-electron chi connectivity index (χ2n) is 4.27. The van der Waals surface area contributed by atoms with Crippen LogP contribution < -0.4 is 19.5 Å². The molecule has 2 rings (SSSR count). The number of rotatable bonds is 6. The maximum Gasteiger partial charge on any atom is 0.203 e. The molecule has 0 aliphatic carbocycles. The zero-order valence-corrected chi connectivity index (χ0v) is 10.9. The largest absolute Gasteiger partial charge is 0.493 e. The molecule has 0 saturated heterocycles. The lowest BCUT2D eigenvalue weighted by Crippen LogP contribution is -2.35. The van der Waals surface area contributed by atoms with Crippen LogP contribution in [0.3, 0.4) is 0 Å². The van der Waals surface area contributed by atoms with Gasteiger partial charge in [-0.15, -0.1) is 0 Å². The fraction of sp³-hybridized carbons (Fsp3) is 0.538. The molecule has 1 aliphatic heterocycles. The Hall–Kier alpha value is -1.50. The Bertz CT molecular complexity index is 402. The van der Waals surface area contributed by atoms with Crippen LogP contribution in [0.1, 0.15) is 5.56 Å². The number of hydrogen-bond acceptors (Lipinski definition) is 6. The number of aliphatic hydroxyl groups is 2. The van der Waals surface area contributed by atoms with Gasteiger partial charge in [0.25, 0.3) is 0 Å². The van der Waals surface area contributed by atoms with E-state index < -0.39 is 0 Å². The van der Waals surface area contributed by atoms with Crippen LogP contribution in [0.2, 0.25) is 0 Å². The van der Waals surface area contributed by atoms with Gasteiger partial charge < -0.3 is 29.7 Å². The van der Waals surface area contributed by atoms with Crippen LogP contribution >= 0.6 is 0 Å². The zero-order chi connectivity index (χ0) is 13.7. The van der Waals surface area contributed by atoms with E-state index in [1.807, 2.05) is 12.1 Å². The Labute approximate surface area is 111 Å². The summed E-state index contributed by atoms with van der Waals surface area (Å²) in [6, 6.07) is 3.39. The van der Waals surface area contributed by atoms with Crippen LogP contribution in [-0.2, 0) is 6.54 Å². The Morgan fingerprint density at radius 1 is 1.26 bits per heavy atom. The first-order valence-corrected chi connectivity index (χ1v) is 6.20. The summed E-state index contributed by atoms with van der Waals surface area (Å²) >= 11 is 0. The quantitative estimate of drug-likeness (QED) is 0.670. The van der Waals surface area contributed by atoms with Crippen molar-refractivity contribution in [3.63, 3.8) is 0 Å². The Morgan fingerprint density at radius 2 is 2.00 bits per heavy atom. The third kappa shape index (κ3) is 3.28. The van der Waals surface area contributed by atoms with Crippen molar-refractivity contribution < 1.29 is 24.4 Å². The van der Waals surface area contributed by atoms with Gasteiger partial charge in [-0.2, -0.15) is 0 Å². The number of aliphatic hydroxyl groups excluding tert-OH is 2. The first-order valence-electron chi connectivity index (χ1n) is 6.20. The van der Waals surface area contributed by atoms with Crippen LogP contribution in [-0.4, -0.2) is 49.8 Å². The number of nitrogens with one attached hydrogen (secondary N) is 1. The summed E-state index contributed by atoms with van der Waals surface area (Å²) in [5.74, 6) is 1.91. The highest BCUT2D eigenvalue weighted by atomic mass is 16.6. The summed E-state index contributed by atoms with van der Waals surface area (Å²) in [6.07, 6.45) is 0. The fourth-order valence-electron chi connectivity index (χ4n) is 1.88. The standard InChI is InChI=1S/C13H19NO5/c1-17-11-4-9(6-14-10(7-15)8-16)5-12-13(11)19-3-2-18-12/h4-5,10,14-16H,2-3,6-8H2,1H3. The molecule has 1 heterocycles. The average Bonchev–Trinajstić information content (AvgIpc) is 2.47. The molecule has 1 aliphatic rings. The molecule has 106 valence electrons. The van der Waals surface area contributed by atoms with Crippen molar-refractivity contribution in [1.82, 2.24) is 5.32 Å². The second-order valence-corrected chi connectivity index (χ2v) is 4.27. The van der Waals surface area contributed by atoms with Crippen LogP contribution in [0.15, 0.2) is 12.1 Å². The molecule has 0 saturated carbocycles. The molecule has 6 heteroatoms. The van der Waals surface area contributed by atoms with Crippen molar-refractivity contribution in [2.24, 2.45) is 0 Å². The van der Waals surface area contributed by atoms with Gasteiger partial charge in [0.15, 0.2) is 11.5 Å². The molecule has 0 atom stereocenters. The SMILES string of the molecule is COc1cc(CNC(CO)CO)cc2c1OCCO2. The lowest BCUT2D eigenvalue weighted by molar-refractivity contribution is 0.164. The molecular weight excluding hydrogens is 250 g/mol. The molecule has 3 N–H and O–H groups in total. The summed E-state index contributed by atoms with van der Waals surface area (Å²) in [5.41, 5.74) is 0.938. The molecule has 0 unspecified atom stereocenters. The van der Waals surface area contributed by atoms with Crippen LogP contribution in [0.4, 0.5) is 0 Å². The molecule has 0 fully saturated rings. The van der Waals surface area contributed by atoms with Gasteiger partial charge in [0.05, 0.1) is 26.4 Å². The highest BCUT2D eigenvalue weighted by Gasteiger charge is 2.18. The summed E-state index contributed by atoms with van der Waals surface area (Å²) in [6.45, 7) is 1.30. The van der Waals surface area contributed by atoms with Gasteiger partial charge in [-0.25, -0.2) is 0 Å². The number of fused-ring (bicyclic) bond motifs is 1. The van der Waals surface area contributed by atoms with Gasteiger partial charge in [0.2, 0.25) is 5.75 Å². The van der Waals surface area contributed by atoms with E-state index in [0.29, 0.717) is 37.0 Å². The van der Waals surface area contributed by atoms with Crippen molar-refractivity contribution in [3.8, 4) is 17.2 Å². The van der Waals surface area contributed by atoms with E-state index in [0.717, 1.165) is 5.56 Å². The van der Waals surface area contributed by atoms with E-state index in [9.17, 15) is 0 Å². The monoisotopic (exact) mass is 269 g/mol.